The summed E-state index contributed by atoms with van der Waals surface area (Å²) in [6.07, 6.45) is 0. The third-order valence-electron chi connectivity index (χ3n) is 1.50. The van der Waals surface area contributed by atoms with Crippen LogP contribution in [-0.4, -0.2) is 37.2 Å². The molecule has 0 aliphatic carbocycles. The Hall–Kier alpha value is -0.0600. The molecule has 1 aliphatic heterocycles. The van der Waals surface area contributed by atoms with Crippen molar-refractivity contribution in [2.45, 2.75) is 6.04 Å². The molecule has 3 nitrogen and oxygen atoms in total. The summed E-state index contributed by atoms with van der Waals surface area (Å²) < 4.78 is 0. The van der Waals surface area contributed by atoms with Gasteiger partial charge in [-0.15, -0.1) is 0 Å². The Kier molecular flexibility index (Phi) is 3.18. The van der Waals surface area contributed by atoms with Crippen LogP contribution in [0.15, 0.2) is 0 Å². The van der Waals surface area contributed by atoms with Crippen molar-refractivity contribution >= 4 is 18.4 Å². The molecule has 1 unspecified atom stereocenters. The number of Topliss-reactive ketones (excluding diaryl/α,β-unsaturated/α-hetero) is 1. The lowest BCUT2D eigenvalue weighted by Crippen LogP contribution is -2.48. The number of carbonyl (C=O) groups excluding carboxylic acids is 1. The van der Waals surface area contributed by atoms with Crippen molar-refractivity contribution in [1.82, 2.24) is 10.6 Å². The van der Waals surface area contributed by atoms with Crippen LogP contribution >= 0.6 is 12.6 Å². The van der Waals surface area contributed by atoms with Gasteiger partial charge in [0.2, 0.25) is 0 Å². The lowest BCUT2D eigenvalue weighted by atomic mass is 10.2. The fourth-order valence-corrected chi connectivity index (χ4v) is 1.13. The van der Waals surface area contributed by atoms with Gasteiger partial charge in [-0.2, -0.15) is 12.6 Å². The van der Waals surface area contributed by atoms with Crippen molar-refractivity contribution in [3.05, 3.63) is 0 Å². The maximum atomic E-state index is 11.0. The second-order valence-corrected chi connectivity index (χ2v) is 2.57. The maximum absolute atomic E-state index is 11.0. The fourth-order valence-electron chi connectivity index (χ4n) is 0.924. The van der Waals surface area contributed by atoms with Crippen molar-refractivity contribution in [2.75, 3.05) is 25.4 Å². The van der Waals surface area contributed by atoms with Gasteiger partial charge in [-0.05, 0) is 0 Å². The van der Waals surface area contributed by atoms with Gasteiger partial charge in [0.1, 0.15) is 0 Å². The molecule has 0 amide bonds. The first-order chi connectivity index (χ1) is 4.84. The zero-order valence-corrected chi connectivity index (χ0v) is 6.60. The van der Waals surface area contributed by atoms with Crippen LogP contribution in [0.1, 0.15) is 0 Å². The summed E-state index contributed by atoms with van der Waals surface area (Å²) in [5.41, 5.74) is 0. The highest BCUT2D eigenvalue weighted by Gasteiger charge is 2.19. The van der Waals surface area contributed by atoms with Gasteiger partial charge >= 0.3 is 0 Å². The number of thiol groups is 1. The van der Waals surface area contributed by atoms with Crippen LogP contribution in [0.4, 0.5) is 0 Å². The van der Waals surface area contributed by atoms with Gasteiger partial charge in [-0.25, -0.2) is 5.32 Å². The molecule has 0 aromatic carbocycles. The molecule has 1 rings (SSSR count). The van der Waals surface area contributed by atoms with Gasteiger partial charge in [-0.1, -0.05) is 0 Å². The van der Waals surface area contributed by atoms with Gasteiger partial charge in [0.25, 0.3) is 0 Å². The number of nitrogens with one attached hydrogen (secondary N) is 1. The van der Waals surface area contributed by atoms with E-state index in [9.17, 15) is 4.79 Å². The molecule has 0 bridgehead atoms. The molecule has 0 saturated carbocycles. The summed E-state index contributed by atoms with van der Waals surface area (Å²) in [6, 6.07) is -0.133. The van der Waals surface area contributed by atoms with Crippen LogP contribution in [0.5, 0.6) is 0 Å². The van der Waals surface area contributed by atoms with Crippen LogP contribution < -0.4 is 10.6 Å². The average molecular weight is 159 g/mol. The molecule has 1 radical (unpaired) electrons. The van der Waals surface area contributed by atoms with Crippen molar-refractivity contribution < 1.29 is 4.79 Å². The monoisotopic (exact) mass is 159 g/mol. The Morgan fingerprint density at radius 2 is 2.60 bits per heavy atom. The molecular formula is C6H11N2OS. The largest absolute Gasteiger partial charge is 0.313 e. The van der Waals surface area contributed by atoms with Crippen LogP contribution in [0, 0.1) is 0 Å². The van der Waals surface area contributed by atoms with E-state index in [2.05, 4.69) is 23.3 Å². The summed E-state index contributed by atoms with van der Waals surface area (Å²) in [6.45, 7) is 2.35. The predicted molar refractivity (Wildman–Crippen MR) is 42.5 cm³/mol. The molecule has 0 spiro atoms. The molecule has 1 aliphatic rings. The minimum absolute atomic E-state index is 0.121. The maximum Gasteiger partial charge on any atom is 0.162 e. The standard InChI is InChI=1S/C6H11N2OS/c9-6(4-10)5-3-7-1-2-8-5/h5,7,10H,1-4H2. The average Bonchev–Trinajstić information content (AvgIpc) is 2.05. The Labute approximate surface area is 66.0 Å². The zero-order valence-electron chi connectivity index (χ0n) is 5.71. The first kappa shape index (κ1) is 8.04. The second kappa shape index (κ2) is 3.95. The van der Waals surface area contributed by atoms with E-state index >= 15 is 0 Å². The summed E-state index contributed by atoms with van der Waals surface area (Å²) in [5.74, 6) is 0.422. The quantitative estimate of drug-likeness (QED) is 0.511. The topological polar surface area (TPSA) is 43.2 Å². The molecule has 1 heterocycles. The molecule has 1 saturated heterocycles. The third-order valence-corrected chi connectivity index (χ3v) is 1.81. The molecular weight excluding hydrogens is 148 g/mol. The third kappa shape index (κ3) is 1.97. The lowest BCUT2D eigenvalue weighted by Gasteiger charge is -2.20. The van der Waals surface area contributed by atoms with E-state index in [4.69, 9.17) is 0 Å². The summed E-state index contributed by atoms with van der Waals surface area (Å²) in [4.78, 5) is 11.0. The first-order valence-electron chi connectivity index (χ1n) is 3.35. The van der Waals surface area contributed by atoms with E-state index in [0.29, 0.717) is 12.3 Å². The first-order valence-corrected chi connectivity index (χ1v) is 3.98. The molecule has 0 aromatic heterocycles. The molecule has 1 fully saturated rings. The van der Waals surface area contributed by atoms with Crippen LogP contribution in [0.2, 0.25) is 0 Å². The molecule has 4 heteroatoms. The van der Waals surface area contributed by atoms with E-state index in [0.717, 1.165) is 13.1 Å². The number of hydrogen-bond donors (Lipinski definition) is 2. The number of hydrogen-bond acceptors (Lipinski definition) is 3. The van der Waals surface area contributed by atoms with Crippen LogP contribution in [-0.2, 0) is 4.79 Å². The molecule has 1 N–H and O–H groups in total. The minimum Gasteiger partial charge on any atom is -0.313 e. The highest BCUT2D eigenvalue weighted by atomic mass is 32.1. The van der Waals surface area contributed by atoms with E-state index < -0.39 is 0 Å². The SMILES string of the molecule is O=C(CS)C1CNCC[N]1. The van der Waals surface area contributed by atoms with Crippen molar-refractivity contribution in [2.24, 2.45) is 0 Å². The predicted octanol–water partition coefficient (Wildman–Crippen LogP) is -0.939. The van der Waals surface area contributed by atoms with Crippen LogP contribution in [0.25, 0.3) is 0 Å². The number of piperazine rings is 1. The van der Waals surface area contributed by atoms with Gasteiger partial charge < -0.3 is 5.32 Å². The van der Waals surface area contributed by atoms with Gasteiger partial charge in [0, 0.05) is 19.6 Å². The lowest BCUT2D eigenvalue weighted by molar-refractivity contribution is -0.118. The van der Waals surface area contributed by atoms with Crippen molar-refractivity contribution in [1.29, 1.82) is 0 Å². The molecule has 0 aromatic rings. The Balaban J connectivity index is 2.31. The highest BCUT2D eigenvalue weighted by Crippen LogP contribution is 1.92. The Morgan fingerprint density at radius 3 is 3.10 bits per heavy atom. The molecule has 1 atom stereocenters. The Bertz CT molecular complexity index is 123. The normalized spacial score (nSPS) is 26.3. The van der Waals surface area contributed by atoms with Gasteiger partial charge in [0.15, 0.2) is 5.78 Å². The summed E-state index contributed by atoms with van der Waals surface area (Å²) >= 11 is 3.89. The van der Waals surface area contributed by atoms with E-state index in [1.54, 1.807) is 0 Å². The van der Waals surface area contributed by atoms with E-state index in [1.165, 1.54) is 0 Å². The fraction of sp³-hybridized carbons (Fsp3) is 0.833. The Morgan fingerprint density at radius 1 is 1.80 bits per heavy atom. The van der Waals surface area contributed by atoms with Gasteiger partial charge in [-0.3, -0.25) is 4.79 Å². The summed E-state index contributed by atoms with van der Waals surface area (Å²) in [7, 11) is 0. The van der Waals surface area contributed by atoms with Crippen molar-refractivity contribution in [3.8, 4) is 0 Å². The second-order valence-electron chi connectivity index (χ2n) is 2.25. The molecule has 57 valence electrons. The number of carbonyl (C=O) groups is 1. The van der Waals surface area contributed by atoms with Crippen LogP contribution in [0.3, 0.4) is 0 Å². The van der Waals surface area contributed by atoms with E-state index in [-0.39, 0.29) is 11.8 Å². The van der Waals surface area contributed by atoms with Gasteiger partial charge in [0.05, 0.1) is 11.8 Å². The minimum atomic E-state index is -0.133. The number of rotatable bonds is 2. The zero-order chi connectivity index (χ0) is 7.40. The number of nitrogens with zero attached hydrogens (tertiary/aromatic N) is 1. The smallest absolute Gasteiger partial charge is 0.162 e. The number of ketones is 1. The highest BCUT2D eigenvalue weighted by molar-refractivity contribution is 7.81. The van der Waals surface area contributed by atoms with Crippen molar-refractivity contribution in [3.63, 3.8) is 0 Å². The van der Waals surface area contributed by atoms with E-state index in [1.807, 2.05) is 0 Å². The summed E-state index contributed by atoms with van der Waals surface area (Å²) in [5, 5.41) is 7.24. The molecule has 10 heavy (non-hydrogen) atoms.